The minimum absolute atomic E-state index is 0.0175. The van der Waals surface area contributed by atoms with E-state index in [2.05, 4.69) is 10.5 Å². The topological polar surface area (TPSA) is 59.9 Å². The Kier molecular flexibility index (Phi) is 5.71. The molecule has 5 nitrogen and oxygen atoms in total. The molecule has 3 aromatic carbocycles. The maximum absolute atomic E-state index is 12.4. The Balaban J connectivity index is 1.74. The van der Waals surface area contributed by atoms with Gasteiger partial charge in [0.05, 0.1) is 19.4 Å². The van der Waals surface area contributed by atoms with Gasteiger partial charge in [0.15, 0.2) is 11.5 Å². The number of benzene rings is 3. The van der Waals surface area contributed by atoms with Gasteiger partial charge in [-0.2, -0.15) is 5.10 Å². The van der Waals surface area contributed by atoms with Crippen LogP contribution in [-0.4, -0.2) is 25.3 Å². The van der Waals surface area contributed by atoms with Crippen molar-refractivity contribution in [2.24, 2.45) is 5.10 Å². The van der Waals surface area contributed by atoms with Crippen molar-refractivity contribution in [3.63, 3.8) is 0 Å². The summed E-state index contributed by atoms with van der Waals surface area (Å²) in [6, 6.07) is 19.0. The molecular weight excluding hydrogens is 340 g/mol. The third-order valence-corrected chi connectivity index (χ3v) is 3.98. The van der Waals surface area contributed by atoms with Gasteiger partial charge in [-0.25, -0.2) is 5.43 Å². The van der Waals surface area contributed by atoms with Crippen LogP contribution in [0.4, 0.5) is 0 Å². The number of hydrogen-bond acceptors (Lipinski definition) is 4. The number of hydrogen-bond donors (Lipinski definition) is 1. The summed E-state index contributed by atoms with van der Waals surface area (Å²) in [5, 5.41) is 6.30. The van der Waals surface area contributed by atoms with Gasteiger partial charge in [-0.3, -0.25) is 4.79 Å². The zero-order valence-corrected chi connectivity index (χ0v) is 15.6. The monoisotopic (exact) mass is 362 g/mol. The van der Waals surface area contributed by atoms with E-state index in [-0.39, 0.29) is 12.0 Å². The van der Waals surface area contributed by atoms with E-state index in [9.17, 15) is 4.79 Å². The van der Waals surface area contributed by atoms with Gasteiger partial charge in [0.25, 0.3) is 5.91 Å². The third kappa shape index (κ3) is 4.44. The molecule has 1 N–H and O–H groups in total. The second-order valence-electron chi connectivity index (χ2n) is 6.30. The molecular formula is C22H22N2O3. The van der Waals surface area contributed by atoms with Gasteiger partial charge in [-0.1, -0.05) is 42.5 Å². The van der Waals surface area contributed by atoms with Gasteiger partial charge < -0.3 is 9.47 Å². The summed E-state index contributed by atoms with van der Waals surface area (Å²) in [6.45, 7) is 3.87. The molecule has 0 aliphatic carbocycles. The molecule has 3 rings (SSSR count). The highest BCUT2D eigenvalue weighted by molar-refractivity contribution is 6.00. The SMILES string of the molecule is COc1cc(C(=O)N/N=C\c2cccc3ccccc23)ccc1OC(C)C. The summed E-state index contributed by atoms with van der Waals surface area (Å²) >= 11 is 0. The number of fused-ring (bicyclic) bond motifs is 1. The van der Waals surface area contributed by atoms with Gasteiger partial charge in [0.2, 0.25) is 0 Å². The fourth-order valence-corrected chi connectivity index (χ4v) is 2.75. The summed E-state index contributed by atoms with van der Waals surface area (Å²) in [5.41, 5.74) is 3.94. The number of nitrogens with zero attached hydrogens (tertiary/aromatic N) is 1. The largest absolute Gasteiger partial charge is 0.493 e. The maximum Gasteiger partial charge on any atom is 0.271 e. The number of ether oxygens (including phenoxy) is 2. The molecule has 138 valence electrons. The Hall–Kier alpha value is -3.34. The highest BCUT2D eigenvalue weighted by Gasteiger charge is 2.11. The van der Waals surface area contributed by atoms with E-state index in [4.69, 9.17) is 9.47 Å². The molecule has 0 saturated carbocycles. The predicted octanol–water partition coefficient (Wildman–Crippen LogP) is 4.40. The van der Waals surface area contributed by atoms with E-state index in [0.29, 0.717) is 17.1 Å². The van der Waals surface area contributed by atoms with Crippen molar-refractivity contribution in [3.05, 3.63) is 71.8 Å². The van der Waals surface area contributed by atoms with Crippen LogP contribution in [0.25, 0.3) is 10.8 Å². The van der Waals surface area contributed by atoms with Crippen LogP contribution in [0.1, 0.15) is 29.8 Å². The van der Waals surface area contributed by atoms with Crippen molar-refractivity contribution in [2.45, 2.75) is 20.0 Å². The van der Waals surface area contributed by atoms with Crippen LogP contribution in [0.15, 0.2) is 65.8 Å². The van der Waals surface area contributed by atoms with Crippen molar-refractivity contribution in [1.29, 1.82) is 0 Å². The van der Waals surface area contributed by atoms with E-state index >= 15 is 0 Å². The Labute approximate surface area is 158 Å². The molecule has 5 heteroatoms. The summed E-state index contributed by atoms with van der Waals surface area (Å²) in [6.07, 6.45) is 1.66. The molecule has 0 radical (unpaired) electrons. The molecule has 0 saturated heterocycles. The van der Waals surface area contributed by atoms with Crippen LogP contribution in [0.2, 0.25) is 0 Å². The van der Waals surface area contributed by atoms with Crippen LogP contribution in [0.3, 0.4) is 0 Å². The fraction of sp³-hybridized carbons (Fsp3) is 0.182. The molecule has 0 aromatic heterocycles. The fourth-order valence-electron chi connectivity index (χ4n) is 2.75. The predicted molar refractivity (Wildman–Crippen MR) is 108 cm³/mol. The average molecular weight is 362 g/mol. The van der Waals surface area contributed by atoms with E-state index in [0.717, 1.165) is 16.3 Å². The Morgan fingerprint density at radius 1 is 1.04 bits per heavy atom. The van der Waals surface area contributed by atoms with Crippen LogP contribution >= 0.6 is 0 Å². The molecule has 0 bridgehead atoms. The van der Waals surface area contributed by atoms with Crippen molar-refractivity contribution in [1.82, 2.24) is 5.43 Å². The van der Waals surface area contributed by atoms with Gasteiger partial charge >= 0.3 is 0 Å². The van der Waals surface area contributed by atoms with Gasteiger partial charge in [-0.05, 0) is 42.8 Å². The number of carbonyl (C=O) groups excluding carboxylic acids is 1. The standard InChI is InChI=1S/C22H22N2O3/c1-15(2)27-20-12-11-17(13-21(20)26-3)22(25)24-23-14-18-9-6-8-16-7-4-5-10-19(16)18/h4-15H,1-3H3,(H,24,25)/b23-14-. The van der Waals surface area contributed by atoms with Crippen LogP contribution in [-0.2, 0) is 0 Å². The van der Waals surface area contributed by atoms with Crippen LogP contribution < -0.4 is 14.9 Å². The molecule has 0 fully saturated rings. The normalized spacial score (nSPS) is 11.1. The molecule has 27 heavy (non-hydrogen) atoms. The molecule has 3 aromatic rings. The van der Waals surface area contributed by atoms with Gasteiger partial charge in [-0.15, -0.1) is 0 Å². The first-order valence-corrected chi connectivity index (χ1v) is 8.74. The first-order valence-electron chi connectivity index (χ1n) is 8.74. The minimum atomic E-state index is -0.319. The average Bonchev–Trinajstić information content (AvgIpc) is 2.68. The molecule has 1 amide bonds. The smallest absolute Gasteiger partial charge is 0.271 e. The molecule has 0 atom stereocenters. The number of rotatable bonds is 6. The molecule has 0 aliphatic rings. The lowest BCUT2D eigenvalue weighted by Crippen LogP contribution is -2.18. The minimum Gasteiger partial charge on any atom is -0.493 e. The van der Waals surface area contributed by atoms with Crippen LogP contribution in [0, 0.1) is 0 Å². The zero-order chi connectivity index (χ0) is 19.2. The molecule has 0 spiro atoms. The summed E-state index contributed by atoms with van der Waals surface area (Å²) in [7, 11) is 1.54. The number of methoxy groups -OCH3 is 1. The number of amides is 1. The van der Waals surface area contributed by atoms with Gasteiger partial charge in [0, 0.05) is 11.1 Å². The van der Waals surface area contributed by atoms with E-state index in [1.54, 1.807) is 31.5 Å². The molecule has 0 unspecified atom stereocenters. The summed E-state index contributed by atoms with van der Waals surface area (Å²) < 4.78 is 11.0. The first kappa shape index (κ1) is 18.5. The zero-order valence-electron chi connectivity index (χ0n) is 15.6. The molecule has 0 heterocycles. The summed E-state index contributed by atoms with van der Waals surface area (Å²) in [4.78, 5) is 12.4. The maximum atomic E-state index is 12.4. The quantitative estimate of drug-likeness (QED) is 0.522. The number of carbonyl (C=O) groups is 1. The highest BCUT2D eigenvalue weighted by Crippen LogP contribution is 2.29. The Bertz CT molecular complexity index is 975. The number of hydrazone groups is 1. The van der Waals surface area contributed by atoms with Crippen molar-refractivity contribution < 1.29 is 14.3 Å². The molecule has 0 aliphatic heterocycles. The van der Waals surface area contributed by atoms with Gasteiger partial charge in [0.1, 0.15) is 0 Å². The lowest BCUT2D eigenvalue weighted by molar-refractivity contribution is 0.0954. The lowest BCUT2D eigenvalue weighted by atomic mass is 10.1. The second-order valence-corrected chi connectivity index (χ2v) is 6.30. The van der Waals surface area contributed by atoms with Crippen molar-refractivity contribution >= 4 is 22.9 Å². The number of nitrogens with one attached hydrogen (secondary N) is 1. The highest BCUT2D eigenvalue weighted by atomic mass is 16.5. The summed E-state index contributed by atoms with van der Waals surface area (Å²) in [5.74, 6) is 0.790. The van der Waals surface area contributed by atoms with E-state index < -0.39 is 0 Å². The van der Waals surface area contributed by atoms with E-state index in [1.807, 2.05) is 56.3 Å². The van der Waals surface area contributed by atoms with Crippen molar-refractivity contribution in [2.75, 3.05) is 7.11 Å². The van der Waals surface area contributed by atoms with Crippen molar-refractivity contribution in [3.8, 4) is 11.5 Å². The van der Waals surface area contributed by atoms with E-state index in [1.165, 1.54) is 0 Å². The first-order chi connectivity index (χ1) is 13.1. The third-order valence-electron chi connectivity index (χ3n) is 3.98. The lowest BCUT2D eigenvalue weighted by Gasteiger charge is -2.14. The van der Waals surface area contributed by atoms with Crippen LogP contribution in [0.5, 0.6) is 11.5 Å². The Morgan fingerprint density at radius 2 is 1.81 bits per heavy atom. The second kappa shape index (κ2) is 8.36. The Morgan fingerprint density at radius 3 is 2.59 bits per heavy atom.